The van der Waals surface area contributed by atoms with E-state index < -0.39 is 11.8 Å². The summed E-state index contributed by atoms with van der Waals surface area (Å²) in [5, 5.41) is 14.5. The van der Waals surface area contributed by atoms with Gasteiger partial charge in [0, 0.05) is 18.8 Å². The number of halogens is 2. The van der Waals surface area contributed by atoms with Crippen LogP contribution in [0.4, 0.5) is 25.1 Å². The molecule has 1 aliphatic heterocycles. The van der Waals surface area contributed by atoms with Gasteiger partial charge in [0.25, 0.3) is 0 Å². The van der Waals surface area contributed by atoms with Gasteiger partial charge in [-0.25, -0.2) is 9.18 Å². The van der Waals surface area contributed by atoms with Crippen molar-refractivity contribution in [3.05, 3.63) is 29.0 Å². The summed E-state index contributed by atoms with van der Waals surface area (Å²) in [6.45, 7) is 4.13. The Balaban J connectivity index is 1.59. The van der Waals surface area contributed by atoms with Crippen molar-refractivity contribution in [3.8, 4) is 0 Å². The zero-order valence-corrected chi connectivity index (χ0v) is 14.6. The first kappa shape index (κ1) is 16.9. The molecule has 2 aromatic rings. The zero-order valence-electron chi connectivity index (χ0n) is 13.1. The molecule has 1 fully saturated rings. The van der Waals surface area contributed by atoms with Crippen LogP contribution in [0.5, 0.6) is 0 Å². The molecule has 0 saturated carbocycles. The Kier molecular flexibility index (Phi) is 5.15. The average Bonchev–Trinajstić information content (AvgIpc) is 2.99. The lowest BCUT2D eigenvalue weighted by molar-refractivity contribution is 0.262. The van der Waals surface area contributed by atoms with Crippen molar-refractivity contribution in [2.24, 2.45) is 5.92 Å². The van der Waals surface area contributed by atoms with Gasteiger partial charge in [0.05, 0.1) is 5.02 Å². The Bertz CT molecular complexity index is 740. The summed E-state index contributed by atoms with van der Waals surface area (Å²) in [5.74, 6) is 0.0951. The van der Waals surface area contributed by atoms with E-state index in [1.165, 1.54) is 36.0 Å². The van der Waals surface area contributed by atoms with Crippen LogP contribution in [0.2, 0.25) is 5.02 Å². The van der Waals surface area contributed by atoms with Crippen LogP contribution >= 0.6 is 22.9 Å². The molecular weight excluding hydrogens is 353 g/mol. The van der Waals surface area contributed by atoms with Gasteiger partial charge in [-0.15, -0.1) is 10.2 Å². The minimum atomic E-state index is -0.535. The molecule has 2 amide bonds. The number of amides is 2. The monoisotopic (exact) mass is 369 g/mol. The minimum Gasteiger partial charge on any atom is -0.346 e. The molecule has 1 atom stereocenters. The molecular formula is C15H17ClFN5OS. The van der Waals surface area contributed by atoms with Crippen LogP contribution in [0.3, 0.4) is 0 Å². The maximum atomic E-state index is 13.1. The molecule has 0 radical (unpaired) electrons. The van der Waals surface area contributed by atoms with Gasteiger partial charge in [0.2, 0.25) is 10.3 Å². The summed E-state index contributed by atoms with van der Waals surface area (Å²) in [6.07, 6.45) is 2.36. The quantitative estimate of drug-likeness (QED) is 0.850. The Morgan fingerprint density at radius 1 is 1.42 bits per heavy atom. The van der Waals surface area contributed by atoms with E-state index in [1.54, 1.807) is 0 Å². The third-order valence-electron chi connectivity index (χ3n) is 3.74. The molecule has 24 heavy (non-hydrogen) atoms. The third kappa shape index (κ3) is 4.12. The molecule has 0 unspecified atom stereocenters. The summed E-state index contributed by atoms with van der Waals surface area (Å²) in [6, 6.07) is 3.49. The van der Waals surface area contributed by atoms with Gasteiger partial charge in [-0.05, 0) is 37.0 Å². The second-order valence-corrected chi connectivity index (χ2v) is 7.15. The van der Waals surface area contributed by atoms with Gasteiger partial charge in [-0.3, -0.25) is 5.32 Å². The highest BCUT2D eigenvalue weighted by Gasteiger charge is 2.20. The van der Waals surface area contributed by atoms with Crippen molar-refractivity contribution < 1.29 is 9.18 Å². The molecule has 1 aromatic carbocycles. The smallest absolute Gasteiger partial charge is 0.325 e. The predicted molar refractivity (Wildman–Crippen MR) is 94.6 cm³/mol. The predicted octanol–water partition coefficient (Wildman–Crippen LogP) is 4.21. The molecule has 1 aliphatic rings. The summed E-state index contributed by atoms with van der Waals surface area (Å²) >= 11 is 7.02. The lowest BCUT2D eigenvalue weighted by Crippen LogP contribution is -2.34. The number of anilines is 3. The lowest BCUT2D eigenvalue weighted by Gasteiger charge is -2.29. The molecule has 6 nitrogen and oxygen atoms in total. The molecule has 0 aliphatic carbocycles. The van der Waals surface area contributed by atoms with E-state index in [2.05, 4.69) is 32.7 Å². The maximum absolute atomic E-state index is 13.1. The number of carbonyl (C=O) groups excluding carboxylic acids is 1. The van der Waals surface area contributed by atoms with Crippen LogP contribution in [-0.2, 0) is 0 Å². The van der Waals surface area contributed by atoms with Gasteiger partial charge in [-0.1, -0.05) is 29.9 Å². The fraction of sp³-hybridized carbons (Fsp3) is 0.400. The molecule has 1 aromatic heterocycles. The first-order valence-corrected chi connectivity index (χ1v) is 8.82. The Hall–Kier alpha value is -1.93. The van der Waals surface area contributed by atoms with Crippen molar-refractivity contribution in [1.82, 2.24) is 10.2 Å². The largest absolute Gasteiger partial charge is 0.346 e. The average molecular weight is 370 g/mol. The van der Waals surface area contributed by atoms with Crippen molar-refractivity contribution in [3.63, 3.8) is 0 Å². The molecule has 2 heterocycles. The Morgan fingerprint density at radius 2 is 2.25 bits per heavy atom. The van der Waals surface area contributed by atoms with E-state index >= 15 is 0 Å². The number of benzene rings is 1. The van der Waals surface area contributed by atoms with E-state index in [0.717, 1.165) is 24.6 Å². The number of hydrogen-bond donors (Lipinski definition) is 2. The highest BCUT2D eigenvalue weighted by atomic mass is 35.5. The van der Waals surface area contributed by atoms with Gasteiger partial charge in [-0.2, -0.15) is 0 Å². The number of hydrogen-bond acceptors (Lipinski definition) is 5. The topological polar surface area (TPSA) is 70.2 Å². The lowest BCUT2D eigenvalue weighted by atomic mass is 10.0. The van der Waals surface area contributed by atoms with Gasteiger partial charge >= 0.3 is 6.03 Å². The first-order chi connectivity index (χ1) is 11.5. The van der Waals surface area contributed by atoms with Crippen LogP contribution in [0.25, 0.3) is 0 Å². The van der Waals surface area contributed by atoms with E-state index in [9.17, 15) is 9.18 Å². The maximum Gasteiger partial charge on any atom is 0.325 e. The van der Waals surface area contributed by atoms with Crippen LogP contribution in [0.1, 0.15) is 19.8 Å². The molecule has 9 heteroatoms. The first-order valence-electron chi connectivity index (χ1n) is 7.63. The third-order valence-corrected chi connectivity index (χ3v) is 4.93. The number of urea groups is 1. The van der Waals surface area contributed by atoms with Crippen molar-refractivity contribution in [2.45, 2.75) is 19.8 Å². The molecule has 3 rings (SSSR count). The SMILES string of the molecule is C[C@H]1CCCN(c2nnc(NC(=O)Nc3ccc(F)c(Cl)c3)s2)C1. The summed E-state index contributed by atoms with van der Waals surface area (Å²) < 4.78 is 13.1. The van der Waals surface area contributed by atoms with Crippen LogP contribution in [0, 0.1) is 11.7 Å². The Morgan fingerprint density at radius 3 is 3.00 bits per heavy atom. The van der Waals surface area contributed by atoms with Gasteiger partial charge in [0.15, 0.2) is 0 Å². The van der Waals surface area contributed by atoms with Crippen LogP contribution < -0.4 is 15.5 Å². The summed E-state index contributed by atoms with van der Waals surface area (Å²) in [5.41, 5.74) is 0.397. The van der Waals surface area contributed by atoms with Gasteiger partial charge in [0.1, 0.15) is 5.82 Å². The van der Waals surface area contributed by atoms with Crippen molar-refractivity contribution in [1.29, 1.82) is 0 Å². The van der Waals surface area contributed by atoms with E-state index in [0.29, 0.717) is 16.7 Å². The minimum absolute atomic E-state index is 0.0507. The van der Waals surface area contributed by atoms with Crippen LogP contribution in [-0.4, -0.2) is 29.3 Å². The molecule has 128 valence electrons. The molecule has 2 N–H and O–H groups in total. The second-order valence-electron chi connectivity index (χ2n) is 5.79. The second kappa shape index (κ2) is 7.31. The Labute approximate surface area is 148 Å². The van der Waals surface area contributed by atoms with E-state index in [4.69, 9.17) is 11.6 Å². The number of carbonyl (C=O) groups is 1. The highest BCUT2D eigenvalue weighted by Crippen LogP contribution is 2.28. The zero-order chi connectivity index (χ0) is 17.1. The molecule has 1 saturated heterocycles. The molecule has 0 bridgehead atoms. The number of aromatic nitrogens is 2. The normalized spacial score (nSPS) is 17.6. The summed E-state index contributed by atoms with van der Waals surface area (Å²) in [4.78, 5) is 14.2. The standard InChI is InChI=1S/C15H17ClFN5OS/c1-9-3-2-6-22(8-9)15-21-20-14(24-15)19-13(23)18-10-4-5-12(17)11(16)7-10/h4-5,7,9H,2-3,6,8H2,1H3,(H2,18,19,20,23)/t9-/m0/s1. The van der Waals surface area contributed by atoms with Gasteiger partial charge < -0.3 is 10.2 Å². The number of nitrogens with zero attached hydrogens (tertiary/aromatic N) is 3. The van der Waals surface area contributed by atoms with Crippen molar-refractivity contribution >= 4 is 44.9 Å². The number of nitrogens with one attached hydrogen (secondary N) is 2. The highest BCUT2D eigenvalue weighted by molar-refractivity contribution is 7.19. The number of piperidine rings is 1. The van der Waals surface area contributed by atoms with Crippen molar-refractivity contribution in [2.75, 3.05) is 28.6 Å². The van der Waals surface area contributed by atoms with E-state index in [1.807, 2.05) is 0 Å². The fourth-order valence-electron chi connectivity index (χ4n) is 2.59. The van der Waals surface area contributed by atoms with Crippen LogP contribution in [0.15, 0.2) is 18.2 Å². The number of rotatable bonds is 3. The fourth-order valence-corrected chi connectivity index (χ4v) is 3.55. The van der Waals surface area contributed by atoms with E-state index in [-0.39, 0.29) is 5.02 Å². The molecule has 0 spiro atoms. The summed E-state index contributed by atoms with van der Waals surface area (Å²) in [7, 11) is 0.